The van der Waals surface area contributed by atoms with E-state index in [1.165, 1.54) is 6.33 Å². The lowest BCUT2D eigenvalue weighted by atomic mass is 9.92. The second-order valence-corrected chi connectivity index (χ2v) is 6.87. The summed E-state index contributed by atoms with van der Waals surface area (Å²) in [5.74, 6) is 1.42. The van der Waals surface area contributed by atoms with Gasteiger partial charge < -0.3 is 5.32 Å². The quantitative estimate of drug-likeness (QED) is 0.877. The number of nitrogens with one attached hydrogen (secondary N) is 1. The van der Waals surface area contributed by atoms with Gasteiger partial charge in [-0.05, 0) is 42.7 Å². The minimum Gasteiger partial charge on any atom is -0.349 e. The van der Waals surface area contributed by atoms with Crippen molar-refractivity contribution in [2.45, 2.75) is 25.8 Å². The molecule has 2 aliphatic rings. The van der Waals surface area contributed by atoms with Gasteiger partial charge in [-0.3, -0.25) is 4.79 Å². The molecule has 0 radical (unpaired) electrons. The van der Waals surface area contributed by atoms with Crippen molar-refractivity contribution in [1.29, 1.82) is 0 Å². The van der Waals surface area contributed by atoms with Crippen molar-refractivity contribution in [3.8, 4) is 11.1 Å². The molecule has 4 rings (SSSR count). The summed E-state index contributed by atoms with van der Waals surface area (Å²) >= 11 is 0. The van der Waals surface area contributed by atoms with E-state index < -0.39 is 0 Å². The average molecular weight is 319 g/mol. The van der Waals surface area contributed by atoms with Crippen LogP contribution in [0, 0.1) is 17.8 Å². The Kier molecular flexibility index (Phi) is 3.89. The van der Waals surface area contributed by atoms with Crippen LogP contribution in [0.3, 0.4) is 0 Å². The molecular weight excluding hydrogens is 298 g/mol. The van der Waals surface area contributed by atoms with Gasteiger partial charge in [0.25, 0.3) is 0 Å². The standard InChI is InChI=1S/C20H21N3O/c1-13(23-20(24)19-9-14-2-3-17(19)8-14)15-4-6-16(7-5-15)18-10-21-12-22-11-18/h2-7,10-14,17,19H,8-9H2,1H3,(H,23,24)/t13-,14-,17-,19+/m0/s1. The molecule has 1 saturated carbocycles. The van der Waals surface area contributed by atoms with Crippen LogP contribution in [-0.4, -0.2) is 15.9 Å². The summed E-state index contributed by atoms with van der Waals surface area (Å²) in [5.41, 5.74) is 3.19. The predicted molar refractivity (Wildman–Crippen MR) is 92.9 cm³/mol. The third kappa shape index (κ3) is 2.84. The molecule has 122 valence electrons. The maximum absolute atomic E-state index is 12.5. The lowest BCUT2D eigenvalue weighted by Gasteiger charge is -2.21. The number of amides is 1. The van der Waals surface area contributed by atoms with E-state index in [1.807, 2.05) is 6.92 Å². The summed E-state index contributed by atoms with van der Waals surface area (Å²) in [7, 11) is 0. The van der Waals surface area contributed by atoms with Crippen molar-refractivity contribution in [3.63, 3.8) is 0 Å². The van der Waals surface area contributed by atoms with Crippen LogP contribution >= 0.6 is 0 Å². The van der Waals surface area contributed by atoms with E-state index in [0.29, 0.717) is 11.8 Å². The fraction of sp³-hybridized carbons (Fsp3) is 0.350. The topological polar surface area (TPSA) is 54.9 Å². The fourth-order valence-electron chi connectivity index (χ4n) is 3.90. The third-order valence-corrected chi connectivity index (χ3v) is 5.28. The Balaban J connectivity index is 1.42. The highest BCUT2D eigenvalue weighted by Gasteiger charge is 2.39. The summed E-state index contributed by atoms with van der Waals surface area (Å²) in [6, 6.07) is 8.25. The second kappa shape index (κ2) is 6.19. The maximum atomic E-state index is 12.5. The molecule has 0 unspecified atom stereocenters. The van der Waals surface area contributed by atoms with Crippen LogP contribution in [0.1, 0.15) is 31.4 Å². The Bertz CT molecular complexity index is 754. The molecule has 2 aliphatic carbocycles. The third-order valence-electron chi connectivity index (χ3n) is 5.28. The maximum Gasteiger partial charge on any atom is 0.224 e. The number of allylic oxidation sites excluding steroid dienone is 2. The van der Waals surface area contributed by atoms with Crippen molar-refractivity contribution in [3.05, 3.63) is 60.7 Å². The number of hydrogen-bond donors (Lipinski definition) is 1. The highest BCUT2D eigenvalue weighted by molar-refractivity contribution is 5.80. The zero-order valence-corrected chi connectivity index (χ0v) is 13.7. The molecule has 1 fully saturated rings. The van der Waals surface area contributed by atoms with E-state index in [2.05, 4.69) is 51.7 Å². The van der Waals surface area contributed by atoms with Crippen molar-refractivity contribution >= 4 is 5.91 Å². The van der Waals surface area contributed by atoms with Crippen LogP contribution in [-0.2, 0) is 4.79 Å². The van der Waals surface area contributed by atoms with Crippen LogP contribution in [0.15, 0.2) is 55.1 Å². The summed E-state index contributed by atoms with van der Waals surface area (Å²) in [6.07, 6.45) is 11.8. The monoisotopic (exact) mass is 319 g/mol. The first-order chi connectivity index (χ1) is 11.7. The van der Waals surface area contributed by atoms with Gasteiger partial charge in [0.2, 0.25) is 5.91 Å². The van der Waals surface area contributed by atoms with E-state index in [9.17, 15) is 4.79 Å². The zero-order valence-electron chi connectivity index (χ0n) is 13.7. The molecule has 2 bridgehead atoms. The van der Waals surface area contributed by atoms with Gasteiger partial charge in [-0.25, -0.2) is 9.97 Å². The number of fused-ring (bicyclic) bond motifs is 2. The molecule has 1 N–H and O–H groups in total. The SMILES string of the molecule is C[C@H](NC(=O)[C@@H]1C[C@H]2C=C[C@H]1C2)c1ccc(-c2cncnc2)cc1. The minimum absolute atomic E-state index is 0.0154. The van der Waals surface area contributed by atoms with Crippen LogP contribution in [0.25, 0.3) is 11.1 Å². The summed E-state index contributed by atoms with van der Waals surface area (Å²) < 4.78 is 0. The van der Waals surface area contributed by atoms with Gasteiger partial charge in [-0.15, -0.1) is 0 Å². The van der Waals surface area contributed by atoms with Crippen molar-refractivity contribution < 1.29 is 4.79 Å². The number of carbonyl (C=O) groups is 1. The minimum atomic E-state index is 0.0154. The Labute approximate surface area is 142 Å². The van der Waals surface area contributed by atoms with Gasteiger partial charge in [0, 0.05) is 23.9 Å². The predicted octanol–water partition coefficient (Wildman–Crippen LogP) is 3.53. The normalized spacial score (nSPS) is 25.6. The lowest BCUT2D eigenvalue weighted by molar-refractivity contribution is -0.126. The Hall–Kier alpha value is -2.49. The number of rotatable bonds is 4. The van der Waals surface area contributed by atoms with Crippen molar-refractivity contribution in [2.24, 2.45) is 17.8 Å². The molecule has 0 aliphatic heterocycles. The molecule has 1 aromatic heterocycles. The molecule has 0 saturated heterocycles. The van der Waals surface area contributed by atoms with Gasteiger partial charge in [0.05, 0.1) is 6.04 Å². The molecule has 0 spiro atoms. The fourth-order valence-corrected chi connectivity index (χ4v) is 3.90. The number of hydrogen-bond acceptors (Lipinski definition) is 3. The van der Waals surface area contributed by atoms with Gasteiger partial charge in [-0.2, -0.15) is 0 Å². The molecule has 4 nitrogen and oxygen atoms in total. The van der Waals surface area contributed by atoms with Crippen LogP contribution in [0.4, 0.5) is 0 Å². The van der Waals surface area contributed by atoms with Gasteiger partial charge >= 0.3 is 0 Å². The summed E-state index contributed by atoms with van der Waals surface area (Å²) in [6.45, 7) is 2.04. The average Bonchev–Trinajstić information content (AvgIpc) is 3.26. The Morgan fingerprint density at radius 3 is 2.46 bits per heavy atom. The Morgan fingerprint density at radius 1 is 1.08 bits per heavy atom. The second-order valence-electron chi connectivity index (χ2n) is 6.87. The van der Waals surface area contributed by atoms with E-state index >= 15 is 0 Å². The van der Waals surface area contributed by atoms with Gasteiger partial charge in [0.1, 0.15) is 6.33 Å². The van der Waals surface area contributed by atoms with Gasteiger partial charge in [0.15, 0.2) is 0 Å². The molecule has 4 heteroatoms. The highest BCUT2D eigenvalue weighted by atomic mass is 16.2. The molecule has 1 aromatic carbocycles. The largest absolute Gasteiger partial charge is 0.349 e. The molecule has 4 atom stereocenters. The molecular formula is C20H21N3O. The number of carbonyl (C=O) groups excluding carboxylic acids is 1. The first kappa shape index (κ1) is 15.1. The summed E-state index contributed by atoms with van der Waals surface area (Å²) in [5, 5.41) is 3.18. The van der Waals surface area contributed by atoms with Crippen molar-refractivity contribution in [1.82, 2.24) is 15.3 Å². The number of aromatic nitrogens is 2. The van der Waals surface area contributed by atoms with E-state index in [0.717, 1.165) is 29.5 Å². The number of nitrogens with zero attached hydrogens (tertiary/aromatic N) is 2. The zero-order chi connectivity index (χ0) is 16.5. The Morgan fingerprint density at radius 2 is 1.83 bits per heavy atom. The van der Waals surface area contributed by atoms with Crippen LogP contribution in [0.2, 0.25) is 0 Å². The van der Waals surface area contributed by atoms with Crippen molar-refractivity contribution in [2.75, 3.05) is 0 Å². The molecule has 2 aromatic rings. The summed E-state index contributed by atoms with van der Waals surface area (Å²) in [4.78, 5) is 20.6. The first-order valence-electron chi connectivity index (χ1n) is 8.55. The highest BCUT2D eigenvalue weighted by Crippen LogP contribution is 2.43. The van der Waals surface area contributed by atoms with E-state index in [-0.39, 0.29) is 17.9 Å². The first-order valence-corrected chi connectivity index (χ1v) is 8.55. The number of benzene rings is 1. The lowest BCUT2D eigenvalue weighted by Crippen LogP contribution is -2.34. The smallest absolute Gasteiger partial charge is 0.224 e. The van der Waals surface area contributed by atoms with E-state index in [4.69, 9.17) is 0 Å². The van der Waals surface area contributed by atoms with Crippen LogP contribution in [0.5, 0.6) is 0 Å². The molecule has 1 amide bonds. The molecule has 24 heavy (non-hydrogen) atoms. The van der Waals surface area contributed by atoms with E-state index in [1.54, 1.807) is 12.4 Å². The van der Waals surface area contributed by atoms with Gasteiger partial charge in [-0.1, -0.05) is 36.4 Å². The van der Waals surface area contributed by atoms with Crippen LogP contribution < -0.4 is 5.32 Å². The molecule has 1 heterocycles.